The van der Waals surface area contributed by atoms with Gasteiger partial charge in [-0.2, -0.15) is 0 Å². The van der Waals surface area contributed by atoms with Crippen molar-refractivity contribution in [2.75, 3.05) is 23.3 Å². The molecule has 0 aliphatic carbocycles. The van der Waals surface area contributed by atoms with E-state index in [1.807, 2.05) is 24.3 Å². The summed E-state index contributed by atoms with van der Waals surface area (Å²) in [7, 11) is 0. The summed E-state index contributed by atoms with van der Waals surface area (Å²) < 4.78 is 0. The molecular weight excluding hydrogens is 462 g/mol. The zero-order valence-corrected chi connectivity index (χ0v) is 19.7. The summed E-state index contributed by atoms with van der Waals surface area (Å²) in [5.41, 5.74) is 8.47. The Morgan fingerprint density at radius 3 is 2.36 bits per heavy atom. The van der Waals surface area contributed by atoms with Gasteiger partial charge in [-0.1, -0.05) is 18.2 Å². The first-order chi connectivity index (χ1) is 17.3. The van der Waals surface area contributed by atoms with Gasteiger partial charge in [0.25, 0.3) is 11.8 Å². The molecule has 0 radical (unpaired) electrons. The molecule has 2 saturated heterocycles. The van der Waals surface area contributed by atoms with E-state index in [1.165, 1.54) is 0 Å². The van der Waals surface area contributed by atoms with Gasteiger partial charge in [0.05, 0.1) is 11.1 Å². The van der Waals surface area contributed by atoms with Crippen LogP contribution in [-0.4, -0.2) is 53.6 Å². The molecule has 3 aliphatic heterocycles. The molecule has 10 heteroatoms. The highest BCUT2D eigenvalue weighted by molar-refractivity contribution is 6.25. The minimum atomic E-state index is -0.997. The average Bonchev–Trinajstić information content (AvgIpc) is 3.13. The normalized spacial score (nSPS) is 20.4. The molecule has 186 valence electrons. The molecule has 0 saturated carbocycles. The lowest BCUT2D eigenvalue weighted by atomic mass is 9.96. The van der Waals surface area contributed by atoms with Gasteiger partial charge in [-0.25, -0.2) is 0 Å². The van der Waals surface area contributed by atoms with Crippen molar-refractivity contribution in [2.45, 2.75) is 38.3 Å². The van der Waals surface area contributed by atoms with Crippen molar-refractivity contribution in [3.8, 4) is 0 Å². The van der Waals surface area contributed by atoms with Crippen molar-refractivity contribution in [1.82, 2.24) is 10.2 Å². The molecule has 3 heterocycles. The lowest BCUT2D eigenvalue weighted by Crippen LogP contribution is -2.54. The van der Waals surface area contributed by atoms with Gasteiger partial charge in [0.2, 0.25) is 17.7 Å². The van der Waals surface area contributed by atoms with E-state index in [4.69, 9.17) is 5.73 Å². The zero-order valence-electron chi connectivity index (χ0n) is 19.7. The summed E-state index contributed by atoms with van der Waals surface area (Å²) in [5, 5.41) is 5.46. The smallest absolute Gasteiger partial charge is 0.264 e. The lowest BCUT2D eigenvalue weighted by molar-refractivity contribution is -0.136. The first-order valence-electron chi connectivity index (χ1n) is 12.0. The second kappa shape index (κ2) is 9.44. The average molecular weight is 490 g/mol. The van der Waals surface area contributed by atoms with Crippen LogP contribution in [0.25, 0.3) is 0 Å². The van der Waals surface area contributed by atoms with Gasteiger partial charge in [0, 0.05) is 43.3 Å². The van der Waals surface area contributed by atoms with Gasteiger partial charge in [0.15, 0.2) is 0 Å². The summed E-state index contributed by atoms with van der Waals surface area (Å²) >= 11 is 0. The maximum atomic E-state index is 13.2. The standard InChI is InChI=1S/C26H27N5O5/c27-23(33)16-10-12-30(13-11-16)17-6-4-15(5-7-17)14-28-19-3-1-2-18-22(19)26(36)31(25(18)35)20-8-9-21(32)29-24(20)34/h1-7,16,20,28H,8-14H2,(H2,27,33)(H,29,32,34). The number of hydrogen-bond acceptors (Lipinski definition) is 7. The van der Waals surface area contributed by atoms with E-state index in [-0.39, 0.29) is 35.8 Å². The molecule has 36 heavy (non-hydrogen) atoms. The van der Waals surface area contributed by atoms with Crippen LogP contribution >= 0.6 is 0 Å². The highest BCUT2D eigenvalue weighted by Crippen LogP contribution is 2.32. The third-order valence-corrected chi connectivity index (χ3v) is 7.15. The maximum Gasteiger partial charge on any atom is 0.264 e. The molecule has 1 atom stereocenters. The van der Waals surface area contributed by atoms with Crippen molar-refractivity contribution in [2.24, 2.45) is 11.7 Å². The Hall–Kier alpha value is -4.21. The lowest BCUT2D eigenvalue weighted by Gasteiger charge is -2.32. The van der Waals surface area contributed by atoms with E-state index >= 15 is 0 Å². The number of rotatable bonds is 6. The molecule has 5 amide bonds. The van der Waals surface area contributed by atoms with Crippen LogP contribution in [0.3, 0.4) is 0 Å². The van der Waals surface area contributed by atoms with Crippen LogP contribution < -0.4 is 21.3 Å². The molecule has 1 unspecified atom stereocenters. The molecule has 0 bridgehead atoms. The van der Waals surface area contributed by atoms with Crippen LogP contribution in [0.4, 0.5) is 11.4 Å². The van der Waals surface area contributed by atoms with E-state index < -0.39 is 29.7 Å². The molecule has 2 fully saturated rings. The minimum absolute atomic E-state index is 0.0576. The molecule has 2 aromatic carbocycles. The van der Waals surface area contributed by atoms with Crippen molar-refractivity contribution >= 4 is 40.9 Å². The Morgan fingerprint density at radius 2 is 1.69 bits per heavy atom. The molecule has 0 aromatic heterocycles. The Kier molecular flexibility index (Phi) is 6.17. The van der Waals surface area contributed by atoms with E-state index in [0.717, 1.165) is 42.1 Å². The largest absolute Gasteiger partial charge is 0.380 e. The van der Waals surface area contributed by atoms with Gasteiger partial charge in [-0.15, -0.1) is 0 Å². The number of primary amides is 1. The van der Waals surface area contributed by atoms with Crippen LogP contribution in [0.5, 0.6) is 0 Å². The minimum Gasteiger partial charge on any atom is -0.380 e. The first kappa shape index (κ1) is 23.5. The topological polar surface area (TPSA) is 142 Å². The summed E-state index contributed by atoms with van der Waals surface area (Å²) in [4.78, 5) is 64.6. The number of anilines is 2. The third-order valence-electron chi connectivity index (χ3n) is 7.15. The Morgan fingerprint density at radius 1 is 0.972 bits per heavy atom. The predicted octanol–water partition coefficient (Wildman–Crippen LogP) is 1.40. The highest BCUT2D eigenvalue weighted by Gasteiger charge is 2.45. The number of nitrogens with zero attached hydrogens (tertiary/aromatic N) is 2. The number of hydrogen-bond donors (Lipinski definition) is 3. The zero-order chi connectivity index (χ0) is 25.4. The number of nitrogens with two attached hydrogens (primary N) is 1. The maximum absolute atomic E-state index is 13.2. The number of imide groups is 2. The van der Waals surface area contributed by atoms with Crippen molar-refractivity contribution in [3.63, 3.8) is 0 Å². The quantitative estimate of drug-likeness (QED) is 0.521. The van der Waals surface area contributed by atoms with Gasteiger partial charge in [-0.05, 0) is 49.1 Å². The van der Waals surface area contributed by atoms with Crippen LogP contribution in [-0.2, 0) is 20.9 Å². The van der Waals surface area contributed by atoms with Crippen LogP contribution in [0.15, 0.2) is 42.5 Å². The number of piperidine rings is 2. The fraction of sp³-hybridized carbons (Fsp3) is 0.346. The predicted molar refractivity (Wildman–Crippen MR) is 131 cm³/mol. The second-order valence-corrected chi connectivity index (χ2v) is 9.36. The molecule has 5 rings (SSSR count). The summed E-state index contributed by atoms with van der Waals surface area (Å²) in [6.07, 6.45) is 1.69. The third kappa shape index (κ3) is 4.30. The number of fused-ring (bicyclic) bond motifs is 1. The number of benzene rings is 2. The van der Waals surface area contributed by atoms with E-state index in [0.29, 0.717) is 12.2 Å². The van der Waals surface area contributed by atoms with E-state index in [1.54, 1.807) is 18.2 Å². The van der Waals surface area contributed by atoms with Gasteiger partial charge < -0.3 is 16.0 Å². The van der Waals surface area contributed by atoms with Crippen molar-refractivity contribution < 1.29 is 24.0 Å². The van der Waals surface area contributed by atoms with Gasteiger partial charge >= 0.3 is 0 Å². The Labute approximate surface area is 207 Å². The number of carbonyl (C=O) groups excluding carboxylic acids is 5. The molecule has 3 aliphatic rings. The first-order valence-corrected chi connectivity index (χ1v) is 12.0. The fourth-order valence-corrected chi connectivity index (χ4v) is 5.11. The summed E-state index contributed by atoms with van der Waals surface area (Å²) in [5.74, 6) is -2.40. The van der Waals surface area contributed by atoms with Crippen molar-refractivity contribution in [3.05, 3.63) is 59.2 Å². The Balaban J connectivity index is 1.26. The van der Waals surface area contributed by atoms with Gasteiger partial charge in [0.1, 0.15) is 6.04 Å². The monoisotopic (exact) mass is 489 g/mol. The summed E-state index contributed by atoms with van der Waals surface area (Å²) in [6, 6.07) is 12.0. The second-order valence-electron chi connectivity index (χ2n) is 9.36. The number of amides is 5. The van der Waals surface area contributed by atoms with E-state index in [9.17, 15) is 24.0 Å². The molecular formula is C26H27N5O5. The molecule has 4 N–H and O–H groups in total. The van der Waals surface area contributed by atoms with Crippen LogP contribution in [0, 0.1) is 5.92 Å². The SMILES string of the molecule is NC(=O)C1CCN(c2ccc(CNc3cccc4c3C(=O)N(C3CCC(=O)NC3=O)C4=O)cc2)CC1. The number of carbonyl (C=O) groups is 5. The fourth-order valence-electron chi connectivity index (χ4n) is 5.11. The van der Waals surface area contributed by atoms with Crippen LogP contribution in [0.1, 0.15) is 52.0 Å². The molecule has 0 spiro atoms. The Bertz CT molecular complexity index is 1250. The molecule has 10 nitrogen and oxygen atoms in total. The highest BCUT2D eigenvalue weighted by atomic mass is 16.2. The van der Waals surface area contributed by atoms with E-state index in [2.05, 4.69) is 15.5 Å². The molecule has 2 aromatic rings. The summed E-state index contributed by atoms with van der Waals surface area (Å²) in [6.45, 7) is 1.99. The van der Waals surface area contributed by atoms with Gasteiger partial charge in [-0.3, -0.25) is 34.2 Å². The van der Waals surface area contributed by atoms with Crippen LogP contribution in [0.2, 0.25) is 0 Å². The number of nitrogens with one attached hydrogen (secondary N) is 2. The van der Waals surface area contributed by atoms with Crippen molar-refractivity contribution in [1.29, 1.82) is 0 Å².